The molecule has 1 aliphatic carbocycles. The van der Waals surface area contributed by atoms with E-state index in [0.29, 0.717) is 6.61 Å². The highest BCUT2D eigenvalue weighted by Gasteiger charge is 2.21. The van der Waals surface area contributed by atoms with Crippen LogP contribution in [0.3, 0.4) is 0 Å². The fourth-order valence-corrected chi connectivity index (χ4v) is 2.48. The Morgan fingerprint density at radius 1 is 1.35 bits per heavy atom. The van der Waals surface area contributed by atoms with Crippen molar-refractivity contribution < 1.29 is 9.47 Å². The average molecular weight is 357 g/mol. The van der Waals surface area contributed by atoms with Gasteiger partial charge < -0.3 is 19.7 Å². The van der Waals surface area contributed by atoms with Crippen LogP contribution in [0.15, 0.2) is 29.3 Å². The average Bonchev–Trinajstić information content (AvgIpc) is 3.48. The zero-order chi connectivity index (χ0) is 18.6. The van der Waals surface area contributed by atoms with Crippen molar-refractivity contribution >= 4 is 5.96 Å². The predicted octanol–water partition coefficient (Wildman–Crippen LogP) is 2.57. The second-order valence-corrected chi connectivity index (χ2v) is 6.56. The zero-order valence-electron chi connectivity index (χ0n) is 16.0. The molecule has 5 heteroatoms. The normalized spacial score (nSPS) is 14.0. The lowest BCUT2D eigenvalue weighted by atomic mass is 10.1. The minimum absolute atomic E-state index is 0.298. The first kappa shape index (κ1) is 20.1. The van der Waals surface area contributed by atoms with Crippen molar-refractivity contribution in [2.24, 2.45) is 10.9 Å². The third-order valence-corrected chi connectivity index (χ3v) is 4.23. The number of ether oxygens (including phenoxy) is 2. The zero-order valence-corrected chi connectivity index (χ0v) is 16.0. The molecule has 0 unspecified atom stereocenters. The Hall–Kier alpha value is -2.19. The maximum Gasteiger partial charge on any atom is 0.193 e. The lowest BCUT2D eigenvalue weighted by Crippen LogP contribution is -2.40. The summed E-state index contributed by atoms with van der Waals surface area (Å²) < 4.78 is 11.1. The Balaban J connectivity index is 1.74. The number of hydrogen-bond acceptors (Lipinski definition) is 3. The fraction of sp³-hybridized carbons (Fsp3) is 0.571. The van der Waals surface area contributed by atoms with Crippen LogP contribution < -0.4 is 10.1 Å². The number of aliphatic imine (C=N–C) groups is 1. The van der Waals surface area contributed by atoms with E-state index < -0.39 is 0 Å². The van der Waals surface area contributed by atoms with Crippen molar-refractivity contribution in [2.45, 2.75) is 26.2 Å². The molecule has 0 atom stereocenters. The summed E-state index contributed by atoms with van der Waals surface area (Å²) in [7, 11) is 2.06. The van der Waals surface area contributed by atoms with Crippen molar-refractivity contribution in [3.8, 4) is 18.1 Å². The molecule has 0 bridgehead atoms. The van der Waals surface area contributed by atoms with Crippen molar-refractivity contribution in [3.05, 3.63) is 29.8 Å². The predicted molar refractivity (Wildman–Crippen MR) is 107 cm³/mol. The molecule has 0 heterocycles. The molecule has 1 aromatic carbocycles. The highest BCUT2D eigenvalue weighted by molar-refractivity contribution is 5.79. The second-order valence-electron chi connectivity index (χ2n) is 6.56. The summed E-state index contributed by atoms with van der Waals surface area (Å²) in [5.41, 5.74) is 1.23. The van der Waals surface area contributed by atoms with Crippen LogP contribution >= 0.6 is 0 Å². The van der Waals surface area contributed by atoms with E-state index in [1.165, 1.54) is 18.4 Å². The lowest BCUT2D eigenvalue weighted by molar-refractivity contribution is 0.115. The molecule has 2 rings (SSSR count). The first-order valence-electron chi connectivity index (χ1n) is 9.45. The number of guanidine groups is 1. The van der Waals surface area contributed by atoms with Gasteiger partial charge in [-0.05, 0) is 49.8 Å². The molecule has 0 saturated heterocycles. The largest absolute Gasteiger partial charge is 0.481 e. The molecule has 1 aromatic rings. The number of nitrogens with one attached hydrogen (secondary N) is 1. The van der Waals surface area contributed by atoms with E-state index in [1.807, 2.05) is 12.1 Å². The highest BCUT2D eigenvalue weighted by Crippen LogP contribution is 2.28. The van der Waals surface area contributed by atoms with Gasteiger partial charge in [0.05, 0.1) is 6.61 Å². The van der Waals surface area contributed by atoms with Gasteiger partial charge in [-0.2, -0.15) is 0 Å². The van der Waals surface area contributed by atoms with Crippen molar-refractivity contribution in [2.75, 3.05) is 46.5 Å². The molecule has 0 aromatic heterocycles. The second kappa shape index (κ2) is 11.4. The summed E-state index contributed by atoms with van der Waals surface area (Å²) >= 11 is 0. The Labute approximate surface area is 157 Å². The summed E-state index contributed by atoms with van der Waals surface area (Å²) in [4.78, 5) is 6.86. The van der Waals surface area contributed by atoms with Gasteiger partial charge in [0.1, 0.15) is 12.4 Å². The van der Waals surface area contributed by atoms with Crippen LogP contribution in [0.4, 0.5) is 0 Å². The van der Waals surface area contributed by atoms with Gasteiger partial charge in [-0.1, -0.05) is 18.1 Å². The number of hydrogen-bond donors (Lipinski definition) is 1. The molecule has 1 aliphatic rings. The van der Waals surface area contributed by atoms with Gasteiger partial charge in [-0.25, -0.2) is 0 Å². The molecule has 142 valence electrons. The standard InChI is InChI=1S/C21H31N3O2/c1-4-15-26-20-10-8-18(9-11-20)12-13-23-21(22-5-2)24(3)14-16-25-17-19-6-7-19/h1,8-11,19H,5-7,12-17H2,2-3H3,(H,22,23). The molecule has 26 heavy (non-hydrogen) atoms. The number of rotatable bonds is 11. The summed E-state index contributed by atoms with van der Waals surface area (Å²) in [5.74, 6) is 5.00. The van der Waals surface area contributed by atoms with E-state index in [-0.39, 0.29) is 0 Å². The van der Waals surface area contributed by atoms with Crippen molar-refractivity contribution in [1.29, 1.82) is 0 Å². The van der Waals surface area contributed by atoms with Crippen LogP contribution in [-0.4, -0.2) is 57.4 Å². The molecule has 0 aliphatic heterocycles. The van der Waals surface area contributed by atoms with Crippen LogP contribution in [0.25, 0.3) is 0 Å². The minimum Gasteiger partial charge on any atom is -0.481 e. The number of likely N-dealkylation sites (N-methyl/N-ethyl adjacent to an activating group) is 1. The topological polar surface area (TPSA) is 46.1 Å². The van der Waals surface area contributed by atoms with Crippen molar-refractivity contribution in [3.63, 3.8) is 0 Å². The third kappa shape index (κ3) is 7.79. The quantitative estimate of drug-likeness (QED) is 0.286. The Bertz CT molecular complexity index is 588. The molecule has 0 radical (unpaired) electrons. The first-order valence-corrected chi connectivity index (χ1v) is 9.45. The smallest absolute Gasteiger partial charge is 0.193 e. The molecule has 1 fully saturated rings. The Morgan fingerprint density at radius 3 is 2.77 bits per heavy atom. The van der Waals surface area contributed by atoms with Gasteiger partial charge in [0.25, 0.3) is 0 Å². The lowest BCUT2D eigenvalue weighted by Gasteiger charge is -2.22. The fourth-order valence-electron chi connectivity index (χ4n) is 2.48. The van der Waals surface area contributed by atoms with Crippen molar-refractivity contribution in [1.82, 2.24) is 10.2 Å². The van der Waals surface area contributed by atoms with E-state index >= 15 is 0 Å². The molecular formula is C21H31N3O2. The van der Waals surface area contributed by atoms with E-state index in [1.54, 1.807) is 0 Å². The first-order chi connectivity index (χ1) is 12.7. The number of benzene rings is 1. The maximum atomic E-state index is 5.72. The Morgan fingerprint density at radius 2 is 2.12 bits per heavy atom. The van der Waals surface area contributed by atoms with Gasteiger partial charge in [-0.15, -0.1) is 6.42 Å². The van der Waals surface area contributed by atoms with E-state index in [0.717, 1.165) is 56.9 Å². The van der Waals surface area contributed by atoms with Gasteiger partial charge in [-0.3, -0.25) is 4.99 Å². The SMILES string of the molecule is C#CCOc1ccc(CCN=C(NCC)N(C)CCOCC2CC2)cc1. The van der Waals surface area contributed by atoms with E-state index in [4.69, 9.17) is 20.9 Å². The number of terminal acetylenes is 1. The van der Waals surface area contributed by atoms with Crippen LogP contribution in [-0.2, 0) is 11.2 Å². The van der Waals surface area contributed by atoms with Crippen LogP contribution in [0.1, 0.15) is 25.3 Å². The summed E-state index contributed by atoms with van der Waals surface area (Å²) in [6.45, 7) is 6.47. The van der Waals surface area contributed by atoms with Gasteiger partial charge in [0, 0.05) is 33.3 Å². The Kier molecular flexibility index (Phi) is 8.85. The summed E-state index contributed by atoms with van der Waals surface area (Å²) in [6.07, 6.45) is 8.74. The molecular weight excluding hydrogens is 326 g/mol. The van der Waals surface area contributed by atoms with Crippen LogP contribution in [0, 0.1) is 18.3 Å². The highest BCUT2D eigenvalue weighted by atomic mass is 16.5. The number of nitrogens with zero attached hydrogens (tertiary/aromatic N) is 2. The molecule has 5 nitrogen and oxygen atoms in total. The summed E-state index contributed by atoms with van der Waals surface area (Å²) in [6, 6.07) is 8.02. The van der Waals surface area contributed by atoms with E-state index in [2.05, 4.69) is 42.2 Å². The minimum atomic E-state index is 0.298. The third-order valence-electron chi connectivity index (χ3n) is 4.23. The van der Waals surface area contributed by atoms with Crippen LogP contribution in [0.5, 0.6) is 5.75 Å². The molecule has 0 amide bonds. The van der Waals surface area contributed by atoms with Gasteiger partial charge in [0.2, 0.25) is 0 Å². The molecule has 1 N–H and O–H groups in total. The van der Waals surface area contributed by atoms with Crippen LogP contribution in [0.2, 0.25) is 0 Å². The van der Waals surface area contributed by atoms with Gasteiger partial charge >= 0.3 is 0 Å². The summed E-state index contributed by atoms with van der Waals surface area (Å²) in [5, 5.41) is 3.34. The maximum absolute atomic E-state index is 5.72. The van der Waals surface area contributed by atoms with E-state index in [9.17, 15) is 0 Å². The molecule has 1 saturated carbocycles. The molecule has 0 spiro atoms. The van der Waals surface area contributed by atoms with Gasteiger partial charge in [0.15, 0.2) is 5.96 Å². The monoisotopic (exact) mass is 357 g/mol.